The van der Waals surface area contributed by atoms with Gasteiger partial charge in [-0.15, -0.1) is 0 Å². The first-order valence-corrected chi connectivity index (χ1v) is 14.5. The molecule has 0 amide bonds. The number of carbonyl (C=O) groups excluding carboxylic acids is 1. The summed E-state index contributed by atoms with van der Waals surface area (Å²) in [4.78, 5) is 13.2. The zero-order valence-electron chi connectivity index (χ0n) is 18.7. The van der Waals surface area contributed by atoms with Crippen molar-refractivity contribution in [2.45, 2.75) is 56.4 Å². The molecule has 6 nitrogen and oxygen atoms in total. The van der Waals surface area contributed by atoms with E-state index in [2.05, 4.69) is 0 Å². The Hall–Kier alpha value is -2.03. The summed E-state index contributed by atoms with van der Waals surface area (Å²) in [6.07, 6.45) is 2.62. The van der Waals surface area contributed by atoms with Crippen molar-refractivity contribution in [3.05, 3.63) is 65.2 Å². The number of carbonyl (C=O) groups is 1. The summed E-state index contributed by atoms with van der Waals surface area (Å²) in [5.74, 6) is -0.351. The molecule has 2 aromatic rings. The molecule has 2 saturated carbocycles. The van der Waals surface area contributed by atoms with Crippen molar-refractivity contribution in [3.8, 4) is 0 Å². The molecule has 6 rings (SSSR count). The number of Topliss-reactive ketones (excluding diaryl/α,β-unsaturated/α-hetero) is 1. The minimum absolute atomic E-state index is 0.0395. The highest BCUT2D eigenvalue weighted by Gasteiger charge is 2.69. The number of hydrogen-bond donors (Lipinski definition) is 0. The van der Waals surface area contributed by atoms with Crippen molar-refractivity contribution in [2.75, 3.05) is 5.75 Å². The van der Waals surface area contributed by atoms with Gasteiger partial charge in [0.15, 0.2) is 0 Å². The molecule has 1 aliphatic heterocycles. The SMILES string of the molecule is CC1(C)[C@@H]2CC[C@@]1(CS(=O)(=O)N1[C@]3(CCc4ccccc43)c3ccccc3S1(=O)=O)C(=O)C2. The molecule has 2 bridgehead atoms. The van der Waals surface area contributed by atoms with Gasteiger partial charge >= 0.3 is 0 Å². The van der Waals surface area contributed by atoms with Gasteiger partial charge in [-0.1, -0.05) is 60.0 Å². The Bertz CT molecular complexity index is 1430. The van der Waals surface area contributed by atoms with Gasteiger partial charge in [0.25, 0.3) is 10.0 Å². The van der Waals surface area contributed by atoms with E-state index in [1.54, 1.807) is 18.2 Å². The van der Waals surface area contributed by atoms with Crippen LogP contribution in [0.25, 0.3) is 0 Å². The summed E-state index contributed by atoms with van der Waals surface area (Å²) in [5.41, 5.74) is -0.626. The third-order valence-electron chi connectivity index (χ3n) is 9.18. The molecule has 33 heavy (non-hydrogen) atoms. The van der Waals surface area contributed by atoms with Crippen LogP contribution in [0.3, 0.4) is 0 Å². The van der Waals surface area contributed by atoms with Gasteiger partial charge in [-0.05, 0) is 59.8 Å². The zero-order chi connectivity index (χ0) is 23.4. The number of rotatable bonds is 3. The lowest BCUT2D eigenvalue weighted by atomic mass is 9.70. The van der Waals surface area contributed by atoms with Crippen LogP contribution in [-0.4, -0.2) is 32.1 Å². The number of benzene rings is 2. The molecule has 4 aliphatic rings. The highest BCUT2D eigenvalue weighted by atomic mass is 32.3. The first-order chi connectivity index (χ1) is 15.5. The van der Waals surface area contributed by atoms with Gasteiger partial charge in [-0.2, -0.15) is 0 Å². The molecule has 1 spiro atoms. The average Bonchev–Trinajstić information content (AvgIpc) is 3.37. The van der Waals surface area contributed by atoms with Gasteiger partial charge in [0, 0.05) is 11.8 Å². The monoisotopic (exact) mass is 485 g/mol. The maximum atomic E-state index is 14.3. The third-order valence-corrected chi connectivity index (χ3v) is 13.8. The van der Waals surface area contributed by atoms with E-state index < -0.39 is 42.2 Å². The van der Waals surface area contributed by atoms with Gasteiger partial charge in [0.2, 0.25) is 10.0 Å². The lowest BCUT2D eigenvalue weighted by Gasteiger charge is -2.40. The molecule has 3 aliphatic carbocycles. The van der Waals surface area contributed by atoms with Gasteiger partial charge < -0.3 is 0 Å². The number of aryl methyl sites for hydroxylation is 1. The lowest BCUT2D eigenvalue weighted by molar-refractivity contribution is -0.128. The van der Waals surface area contributed by atoms with E-state index in [0.29, 0.717) is 31.2 Å². The van der Waals surface area contributed by atoms with Crippen molar-refractivity contribution in [1.29, 1.82) is 0 Å². The quantitative estimate of drug-likeness (QED) is 0.663. The Labute approximate surface area is 195 Å². The number of sulfonamides is 2. The van der Waals surface area contributed by atoms with Gasteiger partial charge in [0.1, 0.15) is 11.3 Å². The molecule has 174 valence electrons. The van der Waals surface area contributed by atoms with Crippen LogP contribution in [0.15, 0.2) is 53.4 Å². The summed E-state index contributed by atoms with van der Waals surface area (Å²) in [5, 5.41) is 0. The van der Waals surface area contributed by atoms with Crippen LogP contribution in [0.4, 0.5) is 0 Å². The summed E-state index contributed by atoms with van der Waals surface area (Å²) in [6.45, 7) is 3.94. The van der Waals surface area contributed by atoms with E-state index >= 15 is 0 Å². The number of fused-ring (bicyclic) bond motifs is 6. The molecule has 0 aromatic heterocycles. The van der Waals surface area contributed by atoms with Crippen molar-refractivity contribution >= 4 is 25.8 Å². The molecule has 0 N–H and O–H groups in total. The highest BCUT2D eigenvalue weighted by molar-refractivity contribution is 8.04. The summed E-state index contributed by atoms with van der Waals surface area (Å²) >= 11 is 0. The highest BCUT2D eigenvalue weighted by Crippen LogP contribution is 2.65. The standard InChI is InChI=1S/C25H27NO5S2/c1-23(2)18-12-13-24(23,22(27)15-18)16-32(28,29)26-25(14-11-17-7-3-4-8-19(17)25)20-9-5-6-10-21(20)33(26,30)31/h3-10,18H,11-16H2,1-2H3/t18-,24-,25+/m1/s1. The Morgan fingerprint density at radius 3 is 2.33 bits per heavy atom. The molecule has 0 unspecified atom stereocenters. The van der Waals surface area contributed by atoms with Crippen LogP contribution in [0.1, 0.15) is 56.2 Å². The van der Waals surface area contributed by atoms with E-state index in [-0.39, 0.29) is 16.6 Å². The molecular formula is C25H27NO5S2. The van der Waals surface area contributed by atoms with Crippen molar-refractivity contribution in [1.82, 2.24) is 3.71 Å². The molecular weight excluding hydrogens is 458 g/mol. The largest absolute Gasteiger partial charge is 0.299 e. The van der Waals surface area contributed by atoms with Crippen molar-refractivity contribution in [3.63, 3.8) is 0 Å². The van der Waals surface area contributed by atoms with E-state index in [1.165, 1.54) is 6.07 Å². The third kappa shape index (κ3) is 2.39. The number of hydrogen-bond acceptors (Lipinski definition) is 5. The lowest BCUT2D eigenvalue weighted by Crippen LogP contribution is -2.52. The minimum Gasteiger partial charge on any atom is -0.299 e. The normalized spacial score (nSPS) is 33.5. The fourth-order valence-corrected chi connectivity index (χ4v) is 12.8. The number of nitrogens with zero attached hydrogens (tertiary/aromatic N) is 1. The van der Waals surface area contributed by atoms with E-state index in [9.17, 15) is 21.6 Å². The van der Waals surface area contributed by atoms with Crippen LogP contribution >= 0.6 is 0 Å². The predicted molar refractivity (Wildman–Crippen MR) is 123 cm³/mol. The fraction of sp³-hybridized carbons (Fsp3) is 0.480. The first kappa shape index (κ1) is 21.5. The Morgan fingerprint density at radius 2 is 1.67 bits per heavy atom. The number of ketones is 1. The Balaban J connectivity index is 1.58. The molecule has 1 heterocycles. The molecule has 2 fully saturated rings. The van der Waals surface area contributed by atoms with Gasteiger partial charge in [-0.25, -0.2) is 16.8 Å². The zero-order valence-corrected chi connectivity index (χ0v) is 20.4. The molecule has 2 aromatic carbocycles. The smallest absolute Gasteiger partial charge is 0.257 e. The summed E-state index contributed by atoms with van der Waals surface area (Å²) in [7, 11) is -8.70. The summed E-state index contributed by atoms with van der Waals surface area (Å²) in [6, 6.07) is 14.1. The molecule has 3 atom stereocenters. The van der Waals surface area contributed by atoms with E-state index in [0.717, 1.165) is 21.3 Å². The van der Waals surface area contributed by atoms with Gasteiger partial charge in [0.05, 0.1) is 10.6 Å². The first-order valence-electron chi connectivity index (χ1n) is 11.5. The van der Waals surface area contributed by atoms with E-state index in [1.807, 2.05) is 38.1 Å². The Kier molecular flexibility index (Phi) is 4.13. The fourth-order valence-electron chi connectivity index (χ4n) is 7.35. The second kappa shape index (κ2) is 6.34. The van der Waals surface area contributed by atoms with Crippen LogP contribution in [-0.2, 0) is 36.8 Å². The second-order valence-electron chi connectivity index (χ2n) is 10.6. The van der Waals surface area contributed by atoms with Crippen LogP contribution in [0, 0.1) is 16.7 Å². The predicted octanol–water partition coefficient (Wildman–Crippen LogP) is 3.61. The topological polar surface area (TPSA) is 88.6 Å². The second-order valence-corrected chi connectivity index (χ2v) is 14.4. The molecule has 8 heteroatoms. The molecule has 0 radical (unpaired) electrons. The van der Waals surface area contributed by atoms with E-state index in [4.69, 9.17) is 0 Å². The summed E-state index contributed by atoms with van der Waals surface area (Å²) < 4.78 is 57.1. The van der Waals surface area contributed by atoms with Crippen molar-refractivity contribution < 1.29 is 21.6 Å². The van der Waals surface area contributed by atoms with Crippen LogP contribution in [0.2, 0.25) is 0 Å². The average molecular weight is 486 g/mol. The van der Waals surface area contributed by atoms with Crippen molar-refractivity contribution in [2.24, 2.45) is 16.7 Å². The Morgan fingerprint density at radius 1 is 1.00 bits per heavy atom. The minimum atomic E-state index is -4.38. The van der Waals surface area contributed by atoms with Crippen LogP contribution in [0.5, 0.6) is 0 Å². The maximum absolute atomic E-state index is 14.3. The molecule has 0 saturated heterocycles. The van der Waals surface area contributed by atoms with Crippen LogP contribution < -0.4 is 0 Å². The van der Waals surface area contributed by atoms with Gasteiger partial charge in [-0.3, -0.25) is 4.79 Å². The maximum Gasteiger partial charge on any atom is 0.257 e.